The Morgan fingerprint density at radius 3 is 2.41 bits per heavy atom. The maximum atomic E-state index is 11.5. The smallest absolute Gasteiger partial charge is 0.221 e. The third kappa shape index (κ3) is 6.13. The summed E-state index contributed by atoms with van der Waals surface area (Å²) in [7, 11) is 1.86. The summed E-state index contributed by atoms with van der Waals surface area (Å²) in [5.74, 6) is 0.136. The van der Waals surface area contributed by atoms with Crippen molar-refractivity contribution in [1.82, 2.24) is 20.4 Å². The van der Waals surface area contributed by atoms with Gasteiger partial charge < -0.3 is 10.6 Å². The van der Waals surface area contributed by atoms with Crippen LogP contribution in [0.4, 0.5) is 0 Å². The molecular weight excluding hydrogens is 276 g/mol. The minimum absolute atomic E-state index is 0.136. The van der Waals surface area contributed by atoms with Crippen molar-refractivity contribution < 1.29 is 4.79 Å². The number of nitrogens with zero attached hydrogens (tertiary/aromatic N) is 2. The predicted octanol–water partition coefficient (Wildman–Crippen LogP) is 0.530. The second-order valence-electron chi connectivity index (χ2n) is 5.81. The number of rotatable bonds is 8. The molecule has 1 fully saturated rings. The molecule has 0 aromatic heterocycles. The third-order valence-corrected chi connectivity index (χ3v) is 4.07. The zero-order valence-electron chi connectivity index (χ0n) is 13.6. The fourth-order valence-electron chi connectivity index (χ4n) is 2.69. The van der Waals surface area contributed by atoms with Crippen LogP contribution in [0.1, 0.15) is 12.0 Å². The Bertz CT molecular complexity index is 430. The molecule has 1 amide bonds. The molecule has 0 atom stereocenters. The first-order valence-corrected chi connectivity index (χ1v) is 8.18. The molecule has 0 aliphatic carbocycles. The first-order valence-electron chi connectivity index (χ1n) is 8.18. The molecule has 0 saturated carbocycles. The van der Waals surface area contributed by atoms with Gasteiger partial charge in [-0.1, -0.05) is 30.3 Å². The maximum absolute atomic E-state index is 11.5. The Morgan fingerprint density at radius 2 is 1.73 bits per heavy atom. The van der Waals surface area contributed by atoms with E-state index in [9.17, 15) is 4.79 Å². The highest BCUT2D eigenvalue weighted by atomic mass is 16.1. The zero-order valence-corrected chi connectivity index (χ0v) is 13.6. The molecule has 1 saturated heterocycles. The van der Waals surface area contributed by atoms with Crippen LogP contribution in [-0.4, -0.2) is 68.6 Å². The summed E-state index contributed by atoms with van der Waals surface area (Å²) in [6.07, 6.45) is 0.557. The Kier molecular flexibility index (Phi) is 7.36. The lowest BCUT2D eigenvalue weighted by molar-refractivity contribution is -0.121. The summed E-state index contributed by atoms with van der Waals surface area (Å²) in [6, 6.07) is 10.6. The first-order chi connectivity index (χ1) is 10.8. The number of carbonyl (C=O) groups excluding carboxylic acids is 1. The van der Waals surface area contributed by atoms with Crippen molar-refractivity contribution in [3.05, 3.63) is 35.9 Å². The van der Waals surface area contributed by atoms with Gasteiger partial charge in [0.25, 0.3) is 0 Å². The van der Waals surface area contributed by atoms with E-state index >= 15 is 0 Å². The molecule has 0 bridgehead atoms. The number of carbonyl (C=O) groups is 1. The topological polar surface area (TPSA) is 47.6 Å². The van der Waals surface area contributed by atoms with Crippen LogP contribution < -0.4 is 10.6 Å². The Balaban J connectivity index is 1.58. The Labute approximate surface area is 133 Å². The highest BCUT2D eigenvalue weighted by Gasteiger charge is 2.16. The van der Waals surface area contributed by atoms with Crippen molar-refractivity contribution in [3.63, 3.8) is 0 Å². The van der Waals surface area contributed by atoms with Crippen LogP contribution in [0.3, 0.4) is 0 Å². The fourth-order valence-corrected chi connectivity index (χ4v) is 2.69. The van der Waals surface area contributed by atoms with E-state index in [2.05, 4.69) is 50.8 Å². The second kappa shape index (κ2) is 9.56. The van der Waals surface area contributed by atoms with Crippen LogP contribution in [0.15, 0.2) is 30.3 Å². The SMILES string of the molecule is CNCCC(=O)NCCN1CCN(Cc2ccccc2)CC1. The van der Waals surface area contributed by atoms with Gasteiger partial charge in [0.2, 0.25) is 5.91 Å². The molecule has 0 radical (unpaired) electrons. The van der Waals surface area contributed by atoms with Crippen LogP contribution in [0, 0.1) is 0 Å². The number of benzene rings is 1. The van der Waals surface area contributed by atoms with Crippen LogP contribution in [-0.2, 0) is 11.3 Å². The van der Waals surface area contributed by atoms with E-state index in [-0.39, 0.29) is 5.91 Å². The number of hydrogen-bond donors (Lipinski definition) is 2. The van der Waals surface area contributed by atoms with E-state index in [0.29, 0.717) is 6.42 Å². The lowest BCUT2D eigenvalue weighted by atomic mass is 10.2. The standard InChI is InChI=1S/C17H28N4O/c1-18-8-7-17(22)19-9-10-20-11-13-21(14-12-20)15-16-5-3-2-4-6-16/h2-6,18H,7-15H2,1H3,(H,19,22). The minimum Gasteiger partial charge on any atom is -0.355 e. The number of amides is 1. The van der Waals surface area contributed by atoms with Gasteiger partial charge in [0, 0.05) is 58.8 Å². The van der Waals surface area contributed by atoms with E-state index in [1.165, 1.54) is 5.56 Å². The van der Waals surface area contributed by atoms with E-state index < -0.39 is 0 Å². The largest absolute Gasteiger partial charge is 0.355 e. The van der Waals surface area contributed by atoms with Crippen molar-refractivity contribution in [2.45, 2.75) is 13.0 Å². The van der Waals surface area contributed by atoms with Gasteiger partial charge in [-0.15, -0.1) is 0 Å². The summed E-state index contributed by atoms with van der Waals surface area (Å²) in [5.41, 5.74) is 1.38. The van der Waals surface area contributed by atoms with Gasteiger partial charge in [0.15, 0.2) is 0 Å². The van der Waals surface area contributed by atoms with Gasteiger partial charge >= 0.3 is 0 Å². The lowest BCUT2D eigenvalue weighted by Gasteiger charge is -2.34. The molecule has 0 spiro atoms. The van der Waals surface area contributed by atoms with Gasteiger partial charge in [-0.3, -0.25) is 14.6 Å². The summed E-state index contributed by atoms with van der Waals surface area (Å²) >= 11 is 0. The number of piperazine rings is 1. The summed E-state index contributed by atoms with van der Waals surface area (Å²) in [5, 5.41) is 5.97. The average molecular weight is 304 g/mol. The van der Waals surface area contributed by atoms with Crippen LogP contribution in [0.2, 0.25) is 0 Å². The Hall–Kier alpha value is -1.43. The lowest BCUT2D eigenvalue weighted by Crippen LogP contribution is -2.48. The molecule has 5 heteroatoms. The van der Waals surface area contributed by atoms with Crippen molar-refractivity contribution in [2.75, 3.05) is 52.9 Å². The summed E-state index contributed by atoms with van der Waals surface area (Å²) in [6.45, 7) is 7.84. The first kappa shape index (κ1) is 16.9. The highest BCUT2D eigenvalue weighted by molar-refractivity contribution is 5.76. The molecule has 5 nitrogen and oxygen atoms in total. The molecule has 2 N–H and O–H groups in total. The molecule has 22 heavy (non-hydrogen) atoms. The van der Waals surface area contributed by atoms with E-state index in [1.54, 1.807) is 0 Å². The van der Waals surface area contributed by atoms with Crippen molar-refractivity contribution >= 4 is 5.91 Å². The van der Waals surface area contributed by atoms with Gasteiger partial charge in [-0.25, -0.2) is 0 Å². The maximum Gasteiger partial charge on any atom is 0.221 e. The molecule has 1 aromatic carbocycles. The molecule has 1 aliphatic rings. The number of hydrogen-bond acceptors (Lipinski definition) is 4. The van der Waals surface area contributed by atoms with Crippen LogP contribution in [0.25, 0.3) is 0 Å². The van der Waals surface area contributed by atoms with Crippen molar-refractivity contribution in [3.8, 4) is 0 Å². The quantitative estimate of drug-likeness (QED) is 0.735. The van der Waals surface area contributed by atoms with E-state index in [1.807, 2.05) is 7.05 Å². The summed E-state index contributed by atoms with van der Waals surface area (Å²) in [4.78, 5) is 16.4. The fraction of sp³-hybridized carbons (Fsp3) is 0.588. The van der Waals surface area contributed by atoms with Gasteiger partial charge in [-0.05, 0) is 12.6 Å². The van der Waals surface area contributed by atoms with Gasteiger partial charge in [0.05, 0.1) is 0 Å². The third-order valence-electron chi connectivity index (χ3n) is 4.07. The van der Waals surface area contributed by atoms with E-state index in [4.69, 9.17) is 0 Å². The molecular formula is C17H28N4O. The zero-order chi connectivity index (χ0) is 15.6. The molecule has 1 aromatic rings. The van der Waals surface area contributed by atoms with Crippen molar-refractivity contribution in [1.29, 1.82) is 0 Å². The number of nitrogens with one attached hydrogen (secondary N) is 2. The Morgan fingerprint density at radius 1 is 1.05 bits per heavy atom. The molecule has 1 aliphatic heterocycles. The second-order valence-corrected chi connectivity index (χ2v) is 5.81. The monoisotopic (exact) mass is 304 g/mol. The van der Waals surface area contributed by atoms with Gasteiger partial charge in [0.1, 0.15) is 0 Å². The normalized spacial score (nSPS) is 16.6. The highest BCUT2D eigenvalue weighted by Crippen LogP contribution is 2.07. The summed E-state index contributed by atoms with van der Waals surface area (Å²) < 4.78 is 0. The minimum atomic E-state index is 0.136. The van der Waals surface area contributed by atoms with Crippen LogP contribution >= 0.6 is 0 Å². The molecule has 2 rings (SSSR count). The van der Waals surface area contributed by atoms with Crippen molar-refractivity contribution in [2.24, 2.45) is 0 Å². The molecule has 122 valence electrons. The average Bonchev–Trinajstić information content (AvgIpc) is 2.55. The predicted molar refractivity (Wildman–Crippen MR) is 89.7 cm³/mol. The molecule has 1 heterocycles. The molecule has 0 unspecified atom stereocenters. The van der Waals surface area contributed by atoms with E-state index in [0.717, 1.165) is 52.4 Å². The van der Waals surface area contributed by atoms with Crippen LogP contribution in [0.5, 0.6) is 0 Å². The van der Waals surface area contributed by atoms with Gasteiger partial charge in [-0.2, -0.15) is 0 Å².